The summed E-state index contributed by atoms with van der Waals surface area (Å²) in [5, 5.41) is 0. The molecule has 100 valence electrons. The summed E-state index contributed by atoms with van der Waals surface area (Å²) >= 11 is 0. The Labute approximate surface area is 164 Å². The van der Waals surface area contributed by atoms with E-state index in [-0.39, 0.29) is 69.8 Å². The van der Waals surface area contributed by atoms with Crippen molar-refractivity contribution in [2.75, 3.05) is 6.54 Å². The van der Waals surface area contributed by atoms with Crippen LogP contribution in [-0.4, -0.2) is 40.0 Å². The van der Waals surface area contributed by atoms with Crippen LogP contribution in [0.2, 0.25) is 0 Å². The number of rotatable bonds is 3. The molecular formula is C11H21NO2SiV2Y-. The fourth-order valence-corrected chi connectivity index (χ4v) is 1.29. The number of carbonyl (C=O) groups is 1. The van der Waals surface area contributed by atoms with Crippen molar-refractivity contribution >= 4 is 16.4 Å². The van der Waals surface area contributed by atoms with Crippen molar-refractivity contribution in [1.29, 1.82) is 0 Å². The van der Waals surface area contributed by atoms with E-state index in [9.17, 15) is 4.79 Å². The van der Waals surface area contributed by atoms with E-state index in [1.807, 2.05) is 18.7 Å². The minimum Gasteiger partial charge on any atom is -0.416 e. The number of hydrogen-bond donors (Lipinski definition) is 0. The molecule has 1 amide bonds. The second kappa shape index (κ2) is 17.0. The van der Waals surface area contributed by atoms with Gasteiger partial charge in [0, 0.05) is 94.9 Å². The smallest absolute Gasteiger partial charge is 0.246 e. The molecule has 0 aromatic heterocycles. The standard InChI is InChI=1S/C8H14NO.C3H7OSi.2V.Y/c1-3-7(2)9-6-4-5-8(9)10;1-3(2)4-5;;;/h7H,1,3-6H2,2H3;3H,1-2H3;;;/q-1;;;;. The third-order valence-electron chi connectivity index (χ3n) is 2.30. The Balaban J connectivity index is -0.000000109. The normalized spacial score (nSPS) is 14.8. The Bertz CT molecular complexity index is 200. The van der Waals surface area contributed by atoms with E-state index < -0.39 is 0 Å². The van der Waals surface area contributed by atoms with Gasteiger partial charge in [-0.15, -0.1) is 0 Å². The molecule has 1 heterocycles. The van der Waals surface area contributed by atoms with Crippen LogP contribution in [0.15, 0.2) is 0 Å². The van der Waals surface area contributed by atoms with Crippen LogP contribution >= 0.6 is 0 Å². The summed E-state index contributed by atoms with van der Waals surface area (Å²) in [5.41, 5.74) is 0. The largest absolute Gasteiger partial charge is 0.416 e. The minimum atomic E-state index is 0. The van der Waals surface area contributed by atoms with E-state index in [1.54, 1.807) is 0 Å². The molecule has 1 saturated heterocycles. The van der Waals surface area contributed by atoms with Crippen molar-refractivity contribution < 1.29 is 79.0 Å². The number of nitrogens with zero attached hydrogens (tertiary/aromatic N) is 1. The molecule has 7 heteroatoms. The molecule has 0 aromatic rings. The summed E-state index contributed by atoms with van der Waals surface area (Å²) < 4.78 is 4.56. The fraction of sp³-hybridized carbons (Fsp3) is 0.818. The molecule has 1 aliphatic heterocycles. The predicted molar refractivity (Wildman–Crippen MR) is 62.4 cm³/mol. The van der Waals surface area contributed by atoms with E-state index in [4.69, 9.17) is 0 Å². The monoisotopic (exact) mass is 418 g/mol. The van der Waals surface area contributed by atoms with Gasteiger partial charge in [0.1, 0.15) is 0 Å². The minimum absolute atomic E-state index is 0. The van der Waals surface area contributed by atoms with Crippen LogP contribution in [0.25, 0.3) is 0 Å². The van der Waals surface area contributed by atoms with Gasteiger partial charge in [0.25, 0.3) is 0 Å². The van der Waals surface area contributed by atoms with Gasteiger partial charge in [-0.25, -0.2) is 0 Å². The van der Waals surface area contributed by atoms with Crippen LogP contribution in [0.5, 0.6) is 0 Å². The second-order valence-electron chi connectivity index (χ2n) is 3.99. The van der Waals surface area contributed by atoms with Crippen molar-refractivity contribution in [2.45, 2.75) is 52.2 Å². The molecule has 1 atom stereocenters. The maximum atomic E-state index is 11.1. The van der Waals surface area contributed by atoms with Gasteiger partial charge in [0.15, 0.2) is 0 Å². The van der Waals surface area contributed by atoms with E-state index in [1.165, 1.54) is 0 Å². The molecule has 1 fully saturated rings. The zero-order valence-corrected chi connectivity index (χ0v) is 18.1. The van der Waals surface area contributed by atoms with Gasteiger partial charge in [-0.2, -0.15) is 6.42 Å². The molecule has 0 aliphatic carbocycles. The van der Waals surface area contributed by atoms with Crippen molar-refractivity contribution in [3.8, 4) is 0 Å². The third-order valence-corrected chi connectivity index (χ3v) is 2.77. The first-order valence-corrected chi connectivity index (χ1v) is 5.84. The third kappa shape index (κ3) is 12.9. The molecule has 0 N–H and O–H groups in total. The quantitative estimate of drug-likeness (QED) is 0.516. The van der Waals surface area contributed by atoms with Crippen LogP contribution in [0.4, 0.5) is 0 Å². The maximum absolute atomic E-state index is 11.1. The topological polar surface area (TPSA) is 29.5 Å². The van der Waals surface area contributed by atoms with Gasteiger partial charge in [-0.3, -0.25) is 4.79 Å². The van der Waals surface area contributed by atoms with E-state index in [0.717, 1.165) is 25.8 Å². The molecule has 0 spiro atoms. The average molecular weight is 418 g/mol. The molecule has 0 saturated carbocycles. The number of likely N-dealkylation sites (tertiary alicyclic amines) is 1. The summed E-state index contributed by atoms with van der Waals surface area (Å²) in [6.07, 6.45) is 2.89. The maximum Gasteiger partial charge on any atom is 0.246 e. The molecule has 6 radical (unpaired) electrons. The zero-order valence-electron chi connectivity index (χ0n) is 11.4. The summed E-state index contributed by atoms with van der Waals surface area (Å²) in [5.74, 6) is 0.302. The molecule has 18 heavy (non-hydrogen) atoms. The predicted octanol–water partition coefficient (Wildman–Crippen LogP) is 1.71. The van der Waals surface area contributed by atoms with Crippen molar-refractivity contribution in [1.82, 2.24) is 4.90 Å². The number of amides is 1. The Hall–Kier alpha value is 1.92. The molecule has 1 rings (SSSR count). The molecule has 1 aliphatic rings. The van der Waals surface area contributed by atoms with Crippen LogP contribution in [0.1, 0.15) is 40.0 Å². The fourth-order valence-electron chi connectivity index (χ4n) is 1.29. The first-order chi connectivity index (χ1) is 7.02. The van der Waals surface area contributed by atoms with Gasteiger partial charge >= 0.3 is 0 Å². The summed E-state index contributed by atoms with van der Waals surface area (Å²) in [6, 6.07) is 0.343. The molecule has 0 bridgehead atoms. The van der Waals surface area contributed by atoms with Crippen LogP contribution in [-0.2, 0) is 79.0 Å². The van der Waals surface area contributed by atoms with Crippen LogP contribution in [0.3, 0.4) is 0 Å². The Morgan fingerprint density at radius 2 is 1.83 bits per heavy atom. The van der Waals surface area contributed by atoms with Crippen LogP contribution in [0, 0.1) is 6.92 Å². The van der Waals surface area contributed by atoms with Crippen molar-refractivity contribution in [2.24, 2.45) is 0 Å². The van der Waals surface area contributed by atoms with E-state index >= 15 is 0 Å². The van der Waals surface area contributed by atoms with Gasteiger partial charge in [-0.1, -0.05) is 0 Å². The Kier molecular flexibility index (Phi) is 26.5. The van der Waals surface area contributed by atoms with E-state index in [2.05, 4.69) is 28.8 Å². The summed E-state index contributed by atoms with van der Waals surface area (Å²) in [7, 11) is 2.85. The number of hydrogen-bond acceptors (Lipinski definition) is 2. The first-order valence-electron chi connectivity index (χ1n) is 5.44. The van der Waals surface area contributed by atoms with Gasteiger partial charge in [-0.05, 0) is 27.2 Å². The van der Waals surface area contributed by atoms with Gasteiger partial charge < -0.3 is 16.2 Å². The number of carbonyl (C=O) groups excluding carboxylic acids is 1. The molecule has 1 unspecified atom stereocenters. The van der Waals surface area contributed by atoms with E-state index in [0.29, 0.717) is 18.1 Å². The molecule has 0 aromatic carbocycles. The average Bonchev–Trinajstić information content (AvgIpc) is 2.64. The second-order valence-corrected chi connectivity index (χ2v) is 4.23. The Morgan fingerprint density at radius 1 is 1.39 bits per heavy atom. The molecule has 3 nitrogen and oxygen atoms in total. The van der Waals surface area contributed by atoms with Crippen molar-refractivity contribution in [3.05, 3.63) is 6.92 Å². The summed E-state index contributed by atoms with van der Waals surface area (Å²) in [6.45, 7) is 10.7. The SMILES string of the molecule is CC(C)O[Si].[CH2-]CC(C)N1CCCC1=O.[V].[V].[Y]. The summed E-state index contributed by atoms with van der Waals surface area (Å²) in [4.78, 5) is 13.0. The first kappa shape index (κ1) is 28.1. The van der Waals surface area contributed by atoms with Crippen LogP contribution < -0.4 is 0 Å². The van der Waals surface area contributed by atoms with Crippen molar-refractivity contribution in [3.63, 3.8) is 0 Å². The Morgan fingerprint density at radius 3 is 2.06 bits per heavy atom. The van der Waals surface area contributed by atoms with Gasteiger partial charge in [0.05, 0.1) is 0 Å². The van der Waals surface area contributed by atoms with Gasteiger partial charge in [0.2, 0.25) is 16.4 Å². The molecular weight excluding hydrogens is 397 g/mol. The zero-order chi connectivity index (χ0) is 11.8.